The van der Waals surface area contributed by atoms with Crippen LogP contribution in [0.3, 0.4) is 0 Å². The molecular weight excluding hydrogens is 254 g/mol. The first-order chi connectivity index (χ1) is 9.66. The van der Waals surface area contributed by atoms with E-state index in [1.54, 1.807) is 0 Å². The molecule has 1 atom stereocenters. The molecule has 1 saturated heterocycles. The van der Waals surface area contributed by atoms with E-state index in [1.807, 2.05) is 25.1 Å². The van der Waals surface area contributed by atoms with Crippen molar-refractivity contribution in [2.24, 2.45) is 0 Å². The second-order valence-electron chi connectivity index (χ2n) is 5.17. The molecule has 4 heteroatoms. The summed E-state index contributed by atoms with van der Waals surface area (Å²) >= 11 is 0. The van der Waals surface area contributed by atoms with Crippen LogP contribution in [-0.2, 0) is 20.7 Å². The number of hydrogen-bond acceptors (Lipinski definition) is 3. The Balaban J connectivity index is 1.73. The topological polar surface area (TPSA) is 46.6 Å². The molecule has 0 N–H and O–H groups in total. The molecule has 1 aromatic rings. The highest BCUT2D eigenvalue weighted by molar-refractivity contribution is 5.97. The van der Waals surface area contributed by atoms with Crippen LogP contribution in [0, 0.1) is 0 Å². The minimum absolute atomic E-state index is 0.0697. The largest absolute Gasteiger partial charge is 0.376 e. The van der Waals surface area contributed by atoms with E-state index in [0.29, 0.717) is 32.4 Å². The summed E-state index contributed by atoms with van der Waals surface area (Å²) in [6.45, 7) is 2.87. The minimum Gasteiger partial charge on any atom is -0.376 e. The third-order valence-corrected chi connectivity index (χ3v) is 3.46. The van der Waals surface area contributed by atoms with Gasteiger partial charge in [-0.25, -0.2) is 0 Å². The normalized spacial score (nSPS) is 17.4. The third kappa shape index (κ3) is 4.17. The molecule has 20 heavy (non-hydrogen) atoms. The van der Waals surface area contributed by atoms with Crippen molar-refractivity contribution in [1.82, 2.24) is 4.90 Å². The number of hydrogen-bond donors (Lipinski definition) is 0. The molecule has 0 aromatic heterocycles. The van der Waals surface area contributed by atoms with E-state index in [2.05, 4.69) is 12.1 Å². The zero-order chi connectivity index (χ0) is 14.4. The van der Waals surface area contributed by atoms with Crippen molar-refractivity contribution in [2.75, 3.05) is 13.2 Å². The number of nitrogens with zero attached hydrogens (tertiary/aromatic N) is 1. The highest BCUT2D eigenvalue weighted by Gasteiger charge is 2.27. The van der Waals surface area contributed by atoms with E-state index < -0.39 is 0 Å². The van der Waals surface area contributed by atoms with Crippen molar-refractivity contribution in [3.8, 4) is 0 Å². The molecule has 0 spiro atoms. The predicted molar refractivity (Wildman–Crippen MR) is 76.1 cm³/mol. The van der Waals surface area contributed by atoms with Gasteiger partial charge < -0.3 is 4.74 Å². The van der Waals surface area contributed by atoms with Crippen LogP contribution in [0.1, 0.15) is 31.7 Å². The maximum absolute atomic E-state index is 11.7. The number of piperidine rings is 1. The molecule has 1 fully saturated rings. The first-order valence-corrected chi connectivity index (χ1v) is 7.15. The van der Waals surface area contributed by atoms with Crippen LogP contribution in [0.2, 0.25) is 0 Å². The number of carbonyl (C=O) groups is 2. The van der Waals surface area contributed by atoms with Crippen molar-refractivity contribution in [1.29, 1.82) is 0 Å². The fourth-order valence-electron chi connectivity index (χ4n) is 2.34. The molecule has 0 radical (unpaired) electrons. The molecule has 0 aliphatic carbocycles. The Hall–Kier alpha value is -1.68. The van der Waals surface area contributed by atoms with Crippen LogP contribution in [0.4, 0.5) is 0 Å². The van der Waals surface area contributed by atoms with Gasteiger partial charge in [0, 0.05) is 12.8 Å². The maximum Gasteiger partial charge on any atom is 0.229 e. The van der Waals surface area contributed by atoms with Gasteiger partial charge in [-0.15, -0.1) is 0 Å². The van der Waals surface area contributed by atoms with Crippen molar-refractivity contribution >= 4 is 11.8 Å². The van der Waals surface area contributed by atoms with Crippen LogP contribution < -0.4 is 0 Å². The zero-order valence-electron chi connectivity index (χ0n) is 11.9. The second-order valence-corrected chi connectivity index (χ2v) is 5.17. The lowest BCUT2D eigenvalue weighted by molar-refractivity contribution is -0.150. The van der Waals surface area contributed by atoms with Gasteiger partial charge in [-0.05, 0) is 25.3 Å². The molecule has 1 aliphatic heterocycles. The predicted octanol–water partition coefficient (Wildman–Crippen LogP) is 2.17. The van der Waals surface area contributed by atoms with E-state index >= 15 is 0 Å². The lowest BCUT2D eigenvalue weighted by Crippen LogP contribution is -2.44. The Labute approximate surface area is 119 Å². The highest BCUT2D eigenvalue weighted by atomic mass is 16.5. The van der Waals surface area contributed by atoms with Crippen molar-refractivity contribution in [3.05, 3.63) is 35.9 Å². The van der Waals surface area contributed by atoms with Gasteiger partial charge in [-0.2, -0.15) is 0 Å². The van der Waals surface area contributed by atoms with Crippen LogP contribution in [-0.4, -0.2) is 36.0 Å². The number of amides is 2. The van der Waals surface area contributed by atoms with Crippen LogP contribution >= 0.6 is 0 Å². The quantitative estimate of drug-likeness (QED) is 0.748. The Morgan fingerprint density at radius 2 is 1.80 bits per heavy atom. The first-order valence-electron chi connectivity index (χ1n) is 7.15. The van der Waals surface area contributed by atoms with Gasteiger partial charge in [0.2, 0.25) is 11.8 Å². The first kappa shape index (κ1) is 14.7. The number of rotatable bonds is 6. The van der Waals surface area contributed by atoms with E-state index in [9.17, 15) is 9.59 Å². The van der Waals surface area contributed by atoms with Gasteiger partial charge in [-0.1, -0.05) is 30.3 Å². The van der Waals surface area contributed by atoms with Crippen molar-refractivity contribution in [2.45, 2.75) is 38.7 Å². The molecule has 1 aromatic carbocycles. The van der Waals surface area contributed by atoms with E-state index in [4.69, 9.17) is 4.74 Å². The Morgan fingerprint density at radius 1 is 1.15 bits per heavy atom. The summed E-state index contributed by atoms with van der Waals surface area (Å²) in [5, 5.41) is 0. The summed E-state index contributed by atoms with van der Waals surface area (Å²) < 4.78 is 5.70. The molecule has 4 nitrogen and oxygen atoms in total. The third-order valence-electron chi connectivity index (χ3n) is 3.46. The standard InChI is InChI=1S/C16H21NO3/c1-13(12-17-15(18)8-5-9-16(17)19)20-11-10-14-6-3-2-4-7-14/h2-4,6-7,13H,5,8-12H2,1H3. The molecular formula is C16H21NO3. The van der Waals surface area contributed by atoms with Crippen LogP contribution in [0.25, 0.3) is 0 Å². The van der Waals surface area contributed by atoms with Crippen molar-refractivity contribution in [3.63, 3.8) is 0 Å². The van der Waals surface area contributed by atoms with Gasteiger partial charge in [0.25, 0.3) is 0 Å². The molecule has 1 unspecified atom stereocenters. The second kappa shape index (κ2) is 7.20. The maximum atomic E-state index is 11.7. The van der Waals surface area contributed by atoms with Gasteiger partial charge in [0.1, 0.15) is 0 Å². The average molecular weight is 275 g/mol. The highest BCUT2D eigenvalue weighted by Crippen LogP contribution is 2.13. The van der Waals surface area contributed by atoms with Gasteiger partial charge in [-0.3, -0.25) is 14.5 Å². The Bertz CT molecular complexity index is 442. The molecule has 1 heterocycles. The molecule has 2 rings (SSSR count). The number of imide groups is 1. The number of benzene rings is 1. The summed E-state index contributed by atoms with van der Waals surface area (Å²) in [6, 6.07) is 10.1. The lowest BCUT2D eigenvalue weighted by Gasteiger charge is -2.27. The summed E-state index contributed by atoms with van der Waals surface area (Å²) in [5.41, 5.74) is 1.23. The minimum atomic E-state index is -0.121. The van der Waals surface area contributed by atoms with Gasteiger partial charge in [0.05, 0.1) is 19.3 Å². The van der Waals surface area contributed by atoms with Gasteiger partial charge >= 0.3 is 0 Å². The van der Waals surface area contributed by atoms with Gasteiger partial charge in [0.15, 0.2) is 0 Å². The summed E-state index contributed by atoms with van der Waals surface area (Å²) in [4.78, 5) is 24.7. The molecule has 1 aliphatic rings. The Kier molecular flexibility index (Phi) is 5.30. The SMILES string of the molecule is CC(CN1C(=O)CCCC1=O)OCCc1ccccc1. The van der Waals surface area contributed by atoms with E-state index in [-0.39, 0.29) is 17.9 Å². The van der Waals surface area contributed by atoms with Crippen LogP contribution in [0.5, 0.6) is 0 Å². The fraction of sp³-hybridized carbons (Fsp3) is 0.500. The number of carbonyl (C=O) groups excluding carboxylic acids is 2. The number of ether oxygens (including phenoxy) is 1. The molecule has 0 saturated carbocycles. The molecule has 0 bridgehead atoms. The average Bonchev–Trinajstić information content (AvgIpc) is 2.44. The summed E-state index contributed by atoms with van der Waals surface area (Å²) in [5.74, 6) is -0.139. The summed E-state index contributed by atoms with van der Waals surface area (Å²) in [6.07, 6.45) is 2.35. The van der Waals surface area contributed by atoms with E-state index in [1.165, 1.54) is 10.5 Å². The monoisotopic (exact) mass is 275 g/mol. The lowest BCUT2D eigenvalue weighted by atomic mass is 10.1. The Morgan fingerprint density at radius 3 is 2.45 bits per heavy atom. The molecule has 2 amide bonds. The number of likely N-dealkylation sites (tertiary alicyclic amines) is 1. The summed E-state index contributed by atoms with van der Waals surface area (Å²) in [7, 11) is 0. The fourth-order valence-corrected chi connectivity index (χ4v) is 2.34. The smallest absolute Gasteiger partial charge is 0.229 e. The zero-order valence-corrected chi connectivity index (χ0v) is 11.9. The molecule has 108 valence electrons. The van der Waals surface area contributed by atoms with E-state index in [0.717, 1.165) is 6.42 Å². The van der Waals surface area contributed by atoms with Crippen LogP contribution in [0.15, 0.2) is 30.3 Å². The van der Waals surface area contributed by atoms with Crippen molar-refractivity contribution < 1.29 is 14.3 Å².